The van der Waals surface area contributed by atoms with Gasteiger partial charge in [-0.15, -0.1) is 6.58 Å². The molecule has 10 heavy (non-hydrogen) atoms. The van der Waals surface area contributed by atoms with Gasteiger partial charge in [-0.25, -0.2) is 0 Å². The molecule has 0 rings (SSSR count). The van der Waals surface area contributed by atoms with Crippen molar-refractivity contribution in [2.24, 2.45) is 0 Å². The lowest BCUT2D eigenvalue weighted by atomic mass is 10.3. The minimum atomic E-state index is 0.860. The Hall–Kier alpha value is -0.560. The lowest BCUT2D eigenvalue weighted by Gasteiger charge is -1.92. The van der Waals surface area contributed by atoms with E-state index in [1.54, 1.807) is 7.11 Å². The average molecular weight is 140 g/mol. The van der Waals surface area contributed by atoms with Crippen molar-refractivity contribution >= 4 is 0 Å². The molecule has 0 aromatic heterocycles. The molecule has 0 aliphatic heterocycles. The molecule has 0 unspecified atom stereocenters. The maximum atomic E-state index is 4.89. The summed E-state index contributed by atoms with van der Waals surface area (Å²) >= 11 is 0. The average Bonchev–Trinajstić information content (AvgIpc) is 1.97. The Bertz CT molecular complexity index is 94.9. The van der Waals surface area contributed by atoms with Gasteiger partial charge in [-0.05, 0) is 19.3 Å². The molecular formula is C9H16O. The minimum Gasteiger partial charge on any atom is -0.385 e. The Morgan fingerprint density at radius 3 is 2.80 bits per heavy atom. The molecule has 0 aromatic rings. The first kappa shape index (κ1) is 9.44. The molecule has 0 aromatic carbocycles. The number of hydrogen-bond donors (Lipinski definition) is 0. The summed E-state index contributed by atoms with van der Waals surface area (Å²) in [5.74, 6) is 0. The van der Waals surface area contributed by atoms with E-state index in [9.17, 15) is 0 Å². The predicted octanol–water partition coefficient (Wildman–Crippen LogP) is 2.55. The summed E-state index contributed by atoms with van der Waals surface area (Å²) < 4.78 is 4.89. The second kappa shape index (κ2) is 8.44. The van der Waals surface area contributed by atoms with Crippen LogP contribution in [-0.2, 0) is 4.74 Å². The number of hydrogen-bond acceptors (Lipinski definition) is 1. The van der Waals surface area contributed by atoms with Crippen LogP contribution in [0, 0.1) is 0 Å². The molecule has 0 aliphatic rings. The summed E-state index contributed by atoms with van der Waals surface area (Å²) in [6.07, 6.45) is 9.40. The van der Waals surface area contributed by atoms with Crippen LogP contribution < -0.4 is 0 Å². The molecule has 1 heteroatoms. The van der Waals surface area contributed by atoms with Crippen LogP contribution in [-0.4, -0.2) is 13.7 Å². The maximum absolute atomic E-state index is 4.89. The minimum absolute atomic E-state index is 0.860. The van der Waals surface area contributed by atoms with Crippen LogP contribution in [0.15, 0.2) is 24.8 Å². The first-order valence-electron chi connectivity index (χ1n) is 3.66. The van der Waals surface area contributed by atoms with Crippen LogP contribution in [0.25, 0.3) is 0 Å². The van der Waals surface area contributed by atoms with E-state index in [4.69, 9.17) is 4.74 Å². The van der Waals surface area contributed by atoms with E-state index in [2.05, 4.69) is 18.7 Å². The van der Waals surface area contributed by atoms with Gasteiger partial charge in [0.15, 0.2) is 0 Å². The number of unbranched alkanes of at least 4 members (excludes halogenated alkanes) is 1. The van der Waals surface area contributed by atoms with Crippen LogP contribution in [0.5, 0.6) is 0 Å². The Kier molecular flexibility index (Phi) is 7.97. The quantitative estimate of drug-likeness (QED) is 0.407. The van der Waals surface area contributed by atoms with Crippen molar-refractivity contribution in [2.75, 3.05) is 13.7 Å². The summed E-state index contributed by atoms with van der Waals surface area (Å²) in [5.41, 5.74) is 0. The van der Waals surface area contributed by atoms with Gasteiger partial charge in [0.05, 0.1) is 0 Å². The van der Waals surface area contributed by atoms with E-state index in [1.807, 2.05) is 6.08 Å². The summed E-state index contributed by atoms with van der Waals surface area (Å²) in [6.45, 7) is 4.48. The Labute approximate surface area is 63.4 Å². The first-order valence-corrected chi connectivity index (χ1v) is 3.66. The third kappa shape index (κ3) is 7.44. The van der Waals surface area contributed by atoms with E-state index in [-0.39, 0.29) is 0 Å². The number of ether oxygens (including phenoxy) is 1. The van der Waals surface area contributed by atoms with Crippen molar-refractivity contribution < 1.29 is 4.74 Å². The van der Waals surface area contributed by atoms with Crippen molar-refractivity contribution in [1.82, 2.24) is 0 Å². The highest BCUT2D eigenvalue weighted by Gasteiger charge is 1.79. The molecule has 0 heterocycles. The van der Waals surface area contributed by atoms with Gasteiger partial charge in [0, 0.05) is 13.7 Å². The van der Waals surface area contributed by atoms with Gasteiger partial charge in [-0.1, -0.05) is 18.2 Å². The van der Waals surface area contributed by atoms with Gasteiger partial charge >= 0.3 is 0 Å². The largest absolute Gasteiger partial charge is 0.385 e. The number of methoxy groups -OCH3 is 1. The van der Waals surface area contributed by atoms with Crippen molar-refractivity contribution in [1.29, 1.82) is 0 Å². The highest BCUT2D eigenvalue weighted by atomic mass is 16.5. The Morgan fingerprint density at radius 1 is 1.40 bits per heavy atom. The van der Waals surface area contributed by atoms with Crippen LogP contribution >= 0.6 is 0 Å². The predicted molar refractivity (Wildman–Crippen MR) is 45.1 cm³/mol. The maximum Gasteiger partial charge on any atom is 0.0465 e. The molecule has 58 valence electrons. The molecule has 0 amide bonds. The molecule has 0 fully saturated rings. The zero-order chi connectivity index (χ0) is 7.66. The number of rotatable bonds is 6. The van der Waals surface area contributed by atoms with Crippen molar-refractivity contribution in [3.8, 4) is 0 Å². The zero-order valence-corrected chi connectivity index (χ0v) is 6.68. The fourth-order valence-electron chi connectivity index (χ4n) is 0.656. The second-order valence-electron chi connectivity index (χ2n) is 2.13. The van der Waals surface area contributed by atoms with E-state index < -0.39 is 0 Å². The molecule has 0 atom stereocenters. The normalized spacial score (nSPS) is 10.5. The number of allylic oxidation sites excluding steroid dienone is 3. The molecule has 0 saturated carbocycles. The monoisotopic (exact) mass is 140 g/mol. The van der Waals surface area contributed by atoms with Gasteiger partial charge in [-0.2, -0.15) is 0 Å². The molecule has 0 bridgehead atoms. The molecule has 0 saturated heterocycles. The van der Waals surface area contributed by atoms with Crippen molar-refractivity contribution in [3.05, 3.63) is 24.8 Å². The lowest BCUT2D eigenvalue weighted by Crippen LogP contribution is -1.85. The Morgan fingerprint density at radius 2 is 2.20 bits per heavy atom. The fourth-order valence-corrected chi connectivity index (χ4v) is 0.656. The van der Waals surface area contributed by atoms with E-state index in [1.165, 1.54) is 0 Å². The van der Waals surface area contributed by atoms with E-state index >= 15 is 0 Å². The van der Waals surface area contributed by atoms with Gasteiger partial charge in [-0.3, -0.25) is 0 Å². The van der Waals surface area contributed by atoms with Crippen LogP contribution in [0.1, 0.15) is 19.3 Å². The molecule has 0 spiro atoms. The molecule has 0 aliphatic carbocycles. The molecule has 1 nitrogen and oxygen atoms in total. The topological polar surface area (TPSA) is 9.23 Å². The SMILES string of the molecule is C=CC/C=C/CCCOC. The van der Waals surface area contributed by atoms with Crippen molar-refractivity contribution in [3.63, 3.8) is 0 Å². The summed E-state index contributed by atoms with van der Waals surface area (Å²) in [7, 11) is 1.73. The van der Waals surface area contributed by atoms with Crippen LogP contribution in [0.3, 0.4) is 0 Å². The summed E-state index contributed by atoms with van der Waals surface area (Å²) in [5, 5.41) is 0. The summed E-state index contributed by atoms with van der Waals surface area (Å²) in [6, 6.07) is 0. The van der Waals surface area contributed by atoms with Crippen molar-refractivity contribution in [2.45, 2.75) is 19.3 Å². The molecule has 0 radical (unpaired) electrons. The van der Waals surface area contributed by atoms with Gasteiger partial charge in [0.1, 0.15) is 0 Å². The first-order chi connectivity index (χ1) is 4.91. The standard InChI is InChI=1S/C9H16O/c1-3-4-5-6-7-8-9-10-2/h3,5-6H,1,4,7-9H2,2H3/b6-5+. The summed E-state index contributed by atoms with van der Waals surface area (Å²) in [4.78, 5) is 0. The van der Waals surface area contributed by atoms with Gasteiger partial charge < -0.3 is 4.74 Å². The molecule has 0 N–H and O–H groups in total. The smallest absolute Gasteiger partial charge is 0.0465 e. The van der Waals surface area contributed by atoms with Crippen LogP contribution in [0.4, 0.5) is 0 Å². The van der Waals surface area contributed by atoms with E-state index in [0.29, 0.717) is 0 Å². The highest BCUT2D eigenvalue weighted by Crippen LogP contribution is 1.92. The fraction of sp³-hybridized carbons (Fsp3) is 0.556. The van der Waals surface area contributed by atoms with Gasteiger partial charge in [0.25, 0.3) is 0 Å². The van der Waals surface area contributed by atoms with Crippen LogP contribution in [0.2, 0.25) is 0 Å². The zero-order valence-electron chi connectivity index (χ0n) is 6.68. The van der Waals surface area contributed by atoms with Gasteiger partial charge in [0.2, 0.25) is 0 Å². The third-order valence-corrected chi connectivity index (χ3v) is 1.19. The van der Waals surface area contributed by atoms with E-state index in [0.717, 1.165) is 25.9 Å². The Balaban J connectivity index is 2.94. The lowest BCUT2D eigenvalue weighted by molar-refractivity contribution is 0.196. The third-order valence-electron chi connectivity index (χ3n) is 1.19. The highest BCUT2D eigenvalue weighted by molar-refractivity contribution is 4.87. The second-order valence-corrected chi connectivity index (χ2v) is 2.13. The molecular weight excluding hydrogens is 124 g/mol.